The Labute approximate surface area is 341 Å². The van der Waals surface area contributed by atoms with Gasteiger partial charge in [0.25, 0.3) is 6.21 Å². The second-order valence-corrected chi connectivity index (χ2v) is 27.6. The zero-order chi connectivity index (χ0) is 39.9. The fourth-order valence-electron chi connectivity index (χ4n) is 4.03. The van der Waals surface area contributed by atoms with E-state index in [0.29, 0.717) is 36.0 Å². The van der Waals surface area contributed by atoms with E-state index in [4.69, 9.17) is 18.4 Å². The quantitative estimate of drug-likeness (QED) is 0.0301. The number of ether oxygens (including phenoxy) is 2. The summed E-state index contributed by atoms with van der Waals surface area (Å²) in [7, 11) is -0.690. The number of benzene rings is 2. The van der Waals surface area contributed by atoms with Crippen LogP contribution in [0.3, 0.4) is 0 Å². The number of methoxy groups -OCH3 is 2. The number of hydrogen-bond donors (Lipinski definition) is 0. The van der Waals surface area contributed by atoms with E-state index in [9.17, 15) is 14.8 Å². The van der Waals surface area contributed by atoms with Crippen molar-refractivity contribution in [3.8, 4) is 0 Å². The summed E-state index contributed by atoms with van der Waals surface area (Å²) < 4.78 is 24.2. The van der Waals surface area contributed by atoms with Gasteiger partial charge in [0.2, 0.25) is 0 Å². The monoisotopic (exact) mass is 982 g/mol. The molecule has 52 heavy (non-hydrogen) atoms. The van der Waals surface area contributed by atoms with E-state index in [0.717, 1.165) is 20.9 Å². The van der Waals surface area contributed by atoms with E-state index >= 15 is 0 Å². The molecule has 2 aromatic carbocycles. The highest BCUT2D eigenvalue weighted by Gasteiger charge is 2.42. The molecule has 292 valence electrons. The number of hydrogen-bond acceptors (Lipinski definition) is 9. The standard InChI is InChI=1S/C19H30INO4Si.C10H10INO3.C9H20OSi/c1-19(2,3)26(5,6)24-13-16-11-17(18(22)23-4)21(25-16)12-14-7-9-15(20)10-8-14;1-15-10(13)7-12(14)6-8-2-4-9(11)5-3-8;1-7-8-10-11(5,6)9(2,3)4/h7-10,16-17H,11-13H2,1-6H3;2-5,7H,6H2,1H3;7H,1,8H2,2-6H3/b;12-7-;. The van der Waals surface area contributed by atoms with Gasteiger partial charge in [0.05, 0.1) is 34.0 Å². The minimum absolute atomic E-state index is 0.128. The van der Waals surface area contributed by atoms with Crippen molar-refractivity contribution in [3.05, 3.63) is 84.7 Å². The second kappa shape index (κ2) is 22.0. The van der Waals surface area contributed by atoms with Crippen LogP contribution in [0.4, 0.5) is 0 Å². The van der Waals surface area contributed by atoms with E-state index in [1.54, 1.807) is 5.06 Å². The molecule has 14 heteroatoms. The molecule has 0 spiro atoms. The number of nitrogens with zero attached hydrogens (tertiary/aromatic N) is 2. The lowest BCUT2D eigenvalue weighted by Crippen LogP contribution is -2.42. The third-order valence-electron chi connectivity index (χ3n) is 9.35. The molecular formula is C38H60I2N2O8Si2. The SMILES string of the molecule is C=CCO[Si](C)(C)C(C)(C)C.COC(=O)/C=[N+](\[O-])Cc1ccc(I)cc1.COC(=O)C1CC(CO[Si](C)(C)C(C)(C)C)ON1Cc1ccc(I)cc1. The summed E-state index contributed by atoms with van der Waals surface area (Å²) in [5.74, 6) is -0.902. The molecule has 0 amide bonds. The summed E-state index contributed by atoms with van der Waals surface area (Å²) in [6, 6.07) is 15.3. The van der Waals surface area contributed by atoms with Crippen LogP contribution in [0.25, 0.3) is 0 Å². The van der Waals surface area contributed by atoms with Gasteiger partial charge in [0.1, 0.15) is 12.1 Å². The Morgan fingerprint density at radius 2 is 1.37 bits per heavy atom. The first-order valence-electron chi connectivity index (χ1n) is 17.2. The zero-order valence-electron chi connectivity index (χ0n) is 33.1. The van der Waals surface area contributed by atoms with Gasteiger partial charge in [-0.3, -0.25) is 9.63 Å². The van der Waals surface area contributed by atoms with Crippen molar-refractivity contribution >= 4 is 80.0 Å². The summed E-state index contributed by atoms with van der Waals surface area (Å²) >= 11 is 4.46. The zero-order valence-corrected chi connectivity index (χ0v) is 39.4. The van der Waals surface area contributed by atoms with Crippen LogP contribution in [0.1, 0.15) is 59.1 Å². The van der Waals surface area contributed by atoms with Crippen molar-refractivity contribution in [3.63, 3.8) is 0 Å². The molecule has 2 atom stereocenters. The molecule has 0 N–H and O–H groups in total. The van der Waals surface area contributed by atoms with Gasteiger partial charge in [-0.15, -0.1) is 6.58 Å². The van der Waals surface area contributed by atoms with Crippen LogP contribution in [0.2, 0.25) is 36.3 Å². The first-order valence-corrected chi connectivity index (χ1v) is 25.2. The van der Waals surface area contributed by atoms with Crippen LogP contribution < -0.4 is 0 Å². The van der Waals surface area contributed by atoms with E-state index in [-0.39, 0.29) is 23.7 Å². The molecule has 0 aromatic heterocycles. The molecule has 1 heterocycles. The average molecular weight is 983 g/mol. The molecule has 0 radical (unpaired) electrons. The number of hydroxylamine groups is 3. The smallest absolute Gasteiger partial charge is 0.396 e. The van der Waals surface area contributed by atoms with E-state index < -0.39 is 28.6 Å². The average Bonchev–Trinajstić information content (AvgIpc) is 3.46. The predicted octanol–water partition coefficient (Wildman–Crippen LogP) is 9.10. The van der Waals surface area contributed by atoms with Crippen molar-refractivity contribution < 1.29 is 37.5 Å². The Balaban J connectivity index is 0.000000439. The highest BCUT2D eigenvalue weighted by molar-refractivity contribution is 14.1. The Bertz CT molecular complexity index is 1440. The van der Waals surface area contributed by atoms with E-state index in [2.05, 4.69) is 148 Å². The van der Waals surface area contributed by atoms with Gasteiger partial charge in [0, 0.05) is 19.1 Å². The van der Waals surface area contributed by atoms with Crippen molar-refractivity contribution in [2.24, 2.45) is 0 Å². The third-order valence-corrected chi connectivity index (χ3v) is 19.8. The number of esters is 2. The summed E-state index contributed by atoms with van der Waals surface area (Å²) in [4.78, 5) is 29.0. The largest absolute Gasteiger partial charge is 0.623 e. The summed E-state index contributed by atoms with van der Waals surface area (Å²) in [5, 5.41) is 13.4. The van der Waals surface area contributed by atoms with Crippen LogP contribution in [-0.4, -0.2) is 84.2 Å². The number of carbonyl (C=O) groups is 2. The summed E-state index contributed by atoms with van der Waals surface area (Å²) in [6.07, 6.45) is 3.17. The van der Waals surface area contributed by atoms with Gasteiger partial charge in [-0.2, -0.15) is 5.06 Å². The minimum Gasteiger partial charge on any atom is -0.623 e. The van der Waals surface area contributed by atoms with E-state index in [1.807, 2.05) is 30.3 Å². The molecular weight excluding hydrogens is 922 g/mol. The topological polar surface area (TPSA) is 110 Å². The van der Waals surface area contributed by atoms with Gasteiger partial charge in [0.15, 0.2) is 23.2 Å². The van der Waals surface area contributed by atoms with Crippen LogP contribution in [0, 0.1) is 12.3 Å². The third kappa shape index (κ3) is 17.2. The summed E-state index contributed by atoms with van der Waals surface area (Å²) in [5.41, 5.74) is 1.95. The first-order chi connectivity index (χ1) is 24.0. The fraction of sp³-hybridized carbons (Fsp3) is 0.553. The Kier molecular flexibility index (Phi) is 20.5. The van der Waals surface area contributed by atoms with Crippen molar-refractivity contribution in [2.45, 2.75) is 109 Å². The molecule has 0 aliphatic carbocycles. The maximum absolute atomic E-state index is 12.2. The normalized spacial score (nSPS) is 16.9. The number of carbonyl (C=O) groups excluding carboxylic acids is 2. The number of halogens is 2. The molecule has 1 aliphatic rings. The number of rotatable bonds is 12. The Hall–Kier alpha value is -1.68. The lowest BCUT2D eigenvalue weighted by atomic mass is 10.1. The van der Waals surface area contributed by atoms with Crippen molar-refractivity contribution in [1.82, 2.24) is 5.06 Å². The molecule has 1 fully saturated rings. The molecule has 1 saturated heterocycles. The van der Waals surface area contributed by atoms with E-state index in [1.165, 1.54) is 17.8 Å². The Morgan fingerprint density at radius 3 is 1.81 bits per heavy atom. The van der Waals surface area contributed by atoms with Crippen LogP contribution in [-0.2, 0) is 45.8 Å². The minimum atomic E-state index is -1.85. The molecule has 10 nitrogen and oxygen atoms in total. The predicted molar refractivity (Wildman–Crippen MR) is 231 cm³/mol. The van der Waals surface area contributed by atoms with Crippen molar-refractivity contribution in [2.75, 3.05) is 27.4 Å². The molecule has 3 rings (SSSR count). The van der Waals surface area contributed by atoms with Gasteiger partial charge >= 0.3 is 11.9 Å². The molecule has 0 saturated carbocycles. The molecule has 1 aliphatic heterocycles. The van der Waals surface area contributed by atoms with Gasteiger partial charge in [-0.25, -0.2) is 9.53 Å². The highest BCUT2D eigenvalue weighted by atomic mass is 127. The molecule has 2 aromatic rings. The molecule has 2 unspecified atom stereocenters. The lowest BCUT2D eigenvalue weighted by Gasteiger charge is -2.36. The highest BCUT2D eigenvalue weighted by Crippen LogP contribution is 2.38. The molecule has 0 bridgehead atoms. The lowest BCUT2D eigenvalue weighted by molar-refractivity contribution is -0.469. The van der Waals surface area contributed by atoms with Crippen LogP contribution >= 0.6 is 45.2 Å². The Morgan fingerprint density at radius 1 is 0.885 bits per heavy atom. The first kappa shape index (κ1) is 48.3. The second-order valence-electron chi connectivity index (χ2n) is 15.5. The fourth-order valence-corrected chi connectivity index (χ4v) is 6.75. The van der Waals surface area contributed by atoms with Crippen LogP contribution in [0.15, 0.2) is 61.2 Å². The van der Waals surface area contributed by atoms with Gasteiger partial charge in [-0.05, 0) is 111 Å². The maximum Gasteiger partial charge on any atom is 0.396 e. The summed E-state index contributed by atoms with van der Waals surface area (Å²) in [6.45, 7) is 27.8. The van der Waals surface area contributed by atoms with Crippen molar-refractivity contribution in [1.29, 1.82) is 0 Å². The van der Waals surface area contributed by atoms with Crippen LogP contribution in [0.5, 0.6) is 0 Å². The van der Waals surface area contributed by atoms with Gasteiger partial charge in [-0.1, -0.05) is 71.9 Å². The maximum atomic E-state index is 12.2. The van der Waals surface area contributed by atoms with Gasteiger partial charge < -0.3 is 23.5 Å².